The van der Waals surface area contributed by atoms with E-state index in [0.717, 1.165) is 5.56 Å². The largest absolute Gasteiger partial charge is 0.496 e. The molecule has 0 saturated carbocycles. The van der Waals surface area contributed by atoms with Crippen LogP contribution in [0.5, 0.6) is 11.5 Å². The Kier molecular flexibility index (Phi) is 7.99. The van der Waals surface area contributed by atoms with Crippen molar-refractivity contribution in [2.45, 2.75) is 38.2 Å². The molecule has 0 aliphatic carbocycles. The number of aromatic nitrogens is 1. The van der Waals surface area contributed by atoms with Crippen molar-refractivity contribution in [2.75, 3.05) is 14.2 Å². The molecule has 1 heterocycles. The second kappa shape index (κ2) is 11.4. The molecular weight excluding hydrogens is 558 g/mol. The summed E-state index contributed by atoms with van der Waals surface area (Å²) >= 11 is 0. The van der Waals surface area contributed by atoms with Gasteiger partial charge >= 0.3 is 0 Å². The number of sulfone groups is 1. The first-order valence-corrected chi connectivity index (χ1v) is 15.6. The van der Waals surface area contributed by atoms with E-state index in [0.29, 0.717) is 39.1 Å². The minimum absolute atomic E-state index is 0.0968. The number of allylic oxidation sites excluding steroid dienone is 1. The molecular formula is C36H37NO5S. The second-order valence-electron chi connectivity index (χ2n) is 11.7. The number of fused-ring (bicyclic) bond motifs is 1. The Balaban J connectivity index is 1.98. The van der Waals surface area contributed by atoms with E-state index in [-0.39, 0.29) is 15.5 Å². The lowest BCUT2D eigenvalue weighted by atomic mass is 9.80. The molecule has 0 unspecified atom stereocenters. The lowest BCUT2D eigenvalue weighted by molar-refractivity contribution is 0.114. The van der Waals surface area contributed by atoms with Crippen LogP contribution < -0.4 is 9.47 Å². The zero-order valence-electron chi connectivity index (χ0n) is 25.3. The van der Waals surface area contributed by atoms with Crippen LogP contribution in [0.3, 0.4) is 0 Å². The highest BCUT2D eigenvalue weighted by molar-refractivity contribution is 8.00. The highest BCUT2D eigenvalue weighted by Crippen LogP contribution is 2.49. The van der Waals surface area contributed by atoms with E-state index in [1.165, 1.54) is 0 Å². The maximum absolute atomic E-state index is 14.6. The highest BCUT2D eigenvalue weighted by Gasteiger charge is 2.44. The lowest BCUT2D eigenvalue weighted by Crippen LogP contribution is -2.32. The van der Waals surface area contributed by atoms with Gasteiger partial charge in [0.1, 0.15) is 11.5 Å². The van der Waals surface area contributed by atoms with Gasteiger partial charge in [-0.15, -0.1) is 0 Å². The second-order valence-corrected chi connectivity index (χ2v) is 13.6. The minimum atomic E-state index is -4.08. The third-order valence-corrected chi connectivity index (χ3v) is 9.29. The van der Waals surface area contributed by atoms with Crippen LogP contribution in [0, 0.1) is 12.3 Å². The molecule has 0 bridgehead atoms. The number of benzene rings is 4. The van der Waals surface area contributed by atoms with Crippen LogP contribution in [-0.2, 0) is 15.4 Å². The van der Waals surface area contributed by atoms with Crippen LogP contribution in [0.2, 0.25) is 0 Å². The molecule has 1 aromatic heterocycles. The zero-order valence-corrected chi connectivity index (χ0v) is 26.1. The Labute approximate surface area is 253 Å². The smallest absolute Gasteiger partial charge is 0.206 e. The summed E-state index contributed by atoms with van der Waals surface area (Å²) in [5.41, 5.74) is 0.697. The molecule has 0 saturated heterocycles. The fourth-order valence-corrected chi connectivity index (χ4v) is 7.23. The quantitative estimate of drug-likeness (QED) is 0.192. The van der Waals surface area contributed by atoms with Crippen molar-refractivity contribution in [3.05, 3.63) is 131 Å². The summed E-state index contributed by atoms with van der Waals surface area (Å²) in [6.07, 6.45) is 1.77. The van der Waals surface area contributed by atoms with Crippen LogP contribution in [0.25, 0.3) is 15.8 Å². The summed E-state index contributed by atoms with van der Waals surface area (Å²) in [6.45, 7) is 7.79. The summed E-state index contributed by atoms with van der Waals surface area (Å²) < 4.78 is 40.8. The van der Waals surface area contributed by atoms with Gasteiger partial charge in [0.2, 0.25) is 9.84 Å². The van der Waals surface area contributed by atoms with Crippen molar-refractivity contribution >= 4 is 25.6 Å². The number of aryl methyl sites for hydroxylation is 1. The maximum Gasteiger partial charge on any atom is 0.206 e. The van der Waals surface area contributed by atoms with E-state index in [1.54, 1.807) is 68.8 Å². The zero-order chi connectivity index (χ0) is 31.0. The summed E-state index contributed by atoms with van der Waals surface area (Å²) in [7, 11) is -0.992. The van der Waals surface area contributed by atoms with Crippen LogP contribution in [0.4, 0.5) is 0 Å². The van der Waals surface area contributed by atoms with Crippen molar-refractivity contribution in [2.24, 2.45) is 5.41 Å². The fourth-order valence-electron chi connectivity index (χ4n) is 5.49. The molecule has 43 heavy (non-hydrogen) atoms. The third kappa shape index (κ3) is 5.46. The normalized spacial score (nSPS) is 12.9. The number of nitrogens with one attached hydrogen (secondary N) is 1. The number of ether oxygens (including phenoxy) is 2. The molecule has 222 valence electrons. The predicted molar refractivity (Wildman–Crippen MR) is 172 cm³/mol. The van der Waals surface area contributed by atoms with Crippen molar-refractivity contribution in [1.29, 1.82) is 0 Å². The number of para-hydroxylation sites is 3. The average molecular weight is 596 g/mol. The topological polar surface area (TPSA) is 88.6 Å². The molecule has 2 N–H and O–H groups in total. The van der Waals surface area contributed by atoms with E-state index in [1.807, 2.05) is 76.2 Å². The van der Waals surface area contributed by atoms with Gasteiger partial charge in [0.05, 0.1) is 29.7 Å². The van der Waals surface area contributed by atoms with Crippen LogP contribution in [0.1, 0.15) is 48.7 Å². The molecule has 4 aromatic carbocycles. The molecule has 0 aliphatic rings. The third-order valence-electron chi connectivity index (χ3n) is 7.49. The number of aromatic amines is 1. The van der Waals surface area contributed by atoms with Gasteiger partial charge in [0.25, 0.3) is 0 Å². The summed E-state index contributed by atoms with van der Waals surface area (Å²) in [5, 5.41) is 13.9. The minimum Gasteiger partial charge on any atom is -0.496 e. The monoisotopic (exact) mass is 595 g/mol. The predicted octanol–water partition coefficient (Wildman–Crippen LogP) is 7.64. The lowest BCUT2D eigenvalue weighted by Gasteiger charge is -2.33. The van der Waals surface area contributed by atoms with Gasteiger partial charge < -0.3 is 19.6 Å². The molecule has 0 spiro atoms. The van der Waals surface area contributed by atoms with Gasteiger partial charge in [0.15, 0.2) is 5.60 Å². The van der Waals surface area contributed by atoms with E-state index in [2.05, 4.69) is 4.98 Å². The van der Waals surface area contributed by atoms with Gasteiger partial charge in [-0.25, -0.2) is 8.42 Å². The Bertz CT molecular complexity index is 1860. The van der Waals surface area contributed by atoms with Gasteiger partial charge in [-0.2, -0.15) is 0 Å². The molecule has 5 aromatic rings. The van der Waals surface area contributed by atoms with Crippen LogP contribution in [0.15, 0.2) is 108 Å². The van der Waals surface area contributed by atoms with Gasteiger partial charge in [-0.1, -0.05) is 99.1 Å². The fraction of sp³-hybridized carbons (Fsp3) is 0.222. The number of H-pyrrole nitrogens is 1. The number of hydrogen-bond donors (Lipinski definition) is 2. The SMILES string of the molecule is COc1ccccc1C(O)(c1ccccc1OC)c1[nH]c2ccccc2c1C(=CC(C)(C)C)S(=O)(=O)c1ccc(C)cc1. The van der Waals surface area contributed by atoms with Crippen molar-refractivity contribution < 1.29 is 23.0 Å². The first kappa shape index (κ1) is 30.1. The Hall–Kier alpha value is -4.33. The van der Waals surface area contributed by atoms with Crippen molar-refractivity contribution in [3.8, 4) is 11.5 Å². The van der Waals surface area contributed by atoms with E-state index in [4.69, 9.17) is 9.47 Å². The maximum atomic E-state index is 14.6. The molecule has 0 amide bonds. The Morgan fingerprint density at radius 3 is 1.81 bits per heavy atom. The highest BCUT2D eigenvalue weighted by atomic mass is 32.2. The molecule has 5 rings (SSSR count). The van der Waals surface area contributed by atoms with Gasteiger partial charge in [-0.05, 0) is 42.7 Å². The standard InChI is InChI=1S/C36H37NO5S/c1-24-19-21-25(22-20-24)43(39,40)32(23-35(2,3)4)33-26-13-7-10-16-29(26)37-34(33)36(38,27-14-8-11-17-30(27)41-5)28-15-9-12-18-31(28)42-6/h7-23,37-38H,1-6H3. The van der Waals surface area contributed by atoms with Gasteiger partial charge in [0, 0.05) is 27.6 Å². The average Bonchev–Trinajstić information content (AvgIpc) is 3.39. The molecule has 6 nitrogen and oxygen atoms in total. The van der Waals surface area contributed by atoms with E-state index >= 15 is 0 Å². The molecule has 0 atom stereocenters. The summed E-state index contributed by atoms with van der Waals surface area (Å²) in [5.74, 6) is 0.867. The number of methoxy groups -OCH3 is 2. The molecule has 0 aliphatic heterocycles. The molecule has 7 heteroatoms. The van der Waals surface area contributed by atoms with E-state index < -0.39 is 20.9 Å². The number of rotatable bonds is 8. The number of hydrogen-bond acceptors (Lipinski definition) is 5. The first-order valence-electron chi connectivity index (χ1n) is 14.1. The van der Waals surface area contributed by atoms with Gasteiger partial charge in [-0.3, -0.25) is 0 Å². The summed E-state index contributed by atoms with van der Waals surface area (Å²) in [4.78, 5) is 3.70. The van der Waals surface area contributed by atoms with Crippen molar-refractivity contribution in [3.63, 3.8) is 0 Å². The first-order chi connectivity index (χ1) is 20.4. The number of aliphatic hydroxyl groups is 1. The molecule has 0 radical (unpaired) electrons. The molecule has 0 fully saturated rings. The van der Waals surface area contributed by atoms with E-state index in [9.17, 15) is 13.5 Å². The van der Waals surface area contributed by atoms with Crippen molar-refractivity contribution in [1.82, 2.24) is 4.98 Å². The van der Waals surface area contributed by atoms with Crippen LogP contribution >= 0.6 is 0 Å². The van der Waals surface area contributed by atoms with Crippen LogP contribution in [-0.4, -0.2) is 32.7 Å². The Morgan fingerprint density at radius 2 is 1.28 bits per heavy atom. The Morgan fingerprint density at radius 1 is 0.767 bits per heavy atom. The summed E-state index contributed by atoms with van der Waals surface area (Å²) in [6, 6.07) is 28.7.